The molecule has 0 saturated carbocycles. The Labute approximate surface area is 143 Å². The van der Waals surface area contributed by atoms with Crippen LogP contribution in [0.3, 0.4) is 0 Å². The van der Waals surface area contributed by atoms with Gasteiger partial charge in [-0.15, -0.1) is 0 Å². The predicted molar refractivity (Wildman–Crippen MR) is 88.6 cm³/mol. The van der Waals surface area contributed by atoms with Gasteiger partial charge in [0.25, 0.3) is 0 Å². The molecule has 0 N–H and O–H groups in total. The van der Waals surface area contributed by atoms with Gasteiger partial charge < -0.3 is 9.42 Å². The molecule has 3 heterocycles. The van der Waals surface area contributed by atoms with Crippen molar-refractivity contribution in [3.05, 3.63) is 17.5 Å². The Bertz CT molecular complexity index is 725. The molecule has 1 aromatic rings. The first-order chi connectivity index (χ1) is 11.2. The number of rotatable bonds is 3. The van der Waals surface area contributed by atoms with Crippen molar-refractivity contribution >= 4 is 15.9 Å². The third-order valence-corrected chi connectivity index (χ3v) is 6.80. The van der Waals surface area contributed by atoms with Crippen molar-refractivity contribution in [1.82, 2.24) is 14.4 Å². The van der Waals surface area contributed by atoms with Crippen LogP contribution in [-0.2, 0) is 21.4 Å². The monoisotopic (exact) mass is 355 g/mol. The fourth-order valence-corrected chi connectivity index (χ4v) is 5.48. The summed E-state index contributed by atoms with van der Waals surface area (Å²) in [6, 6.07) is 1.52. The summed E-state index contributed by atoms with van der Waals surface area (Å²) in [6.07, 6.45) is 4.31. The van der Waals surface area contributed by atoms with Crippen LogP contribution < -0.4 is 0 Å². The highest BCUT2D eigenvalue weighted by molar-refractivity contribution is 7.88. The minimum atomic E-state index is -3.31. The van der Waals surface area contributed by atoms with E-state index in [1.165, 1.54) is 10.6 Å². The second kappa shape index (κ2) is 6.15. The molecule has 8 heteroatoms. The molecule has 24 heavy (non-hydrogen) atoms. The number of carbonyl (C=O) groups is 1. The molecule has 2 saturated heterocycles. The number of aromatic nitrogens is 1. The first-order valence-electron chi connectivity index (χ1n) is 8.42. The summed E-state index contributed by atoms with van der Waals surface area (Å²) in [4.78, 5) is 15.0. The summed E-state index contributed by atoms with van der Waals surface area (Å²) >= 11 is 0. The van der Waals surface area contributed by atoms with Crippen LogP contribution in [0, 0.1) is 12.3 Å². The molecule has 2 aliphatic rings. The van der Waals surface area contributed by atoms with E-state index in [-0.39, 0.29) is 11.9 Å². The van der Waals surface area contributed by atoms with E-state index in [0.29, 0.717) is 25.4 Å². The number of carbonyl (C=O) groups excluding carboxylic acids is 1. The lowest BCUT2D eigenvalue weighted by atomic mass is 9.68. The number of amides is 1. The molecule has 2 aliphatic heterocycles. The van der Waals surface area contributed by atoms with Crippen molar-refractivity contribution < 1.29 is 17.7 Å². The molecule has 0 aliphatic carbocycles. The summed E-state index contributed by atoms with van der Waals surface area (Å²) in [6.45, 7) is 5.29. The number of nitrogens with zero attached hydrogens (tertiary/aromatic N) is 3. The van der Waals surface area contributed by atoms with Gasteiger partial charge in [0.05, 0.1) is 23.9 Å². The van der Waals surface area contributed by atoms with Crippen LogP contribution in [0.1, 0.15) is 44.1 Å². The van der Waals surface area contributed by atoms with Gasteiger partial charge in [0.15, 0.2) is 5.76 Å². The van der Waals surface area contributed by atoms with Crippen LogP contribution in [-0.4, -0.2) is 54.1 Å². The van der Waals surface area contributed by atoms with Crippen LogP contribution >= 0.6 is 0 Å². The van der Waals surface area contributed by atoms with Gasteiger partial charge >= 0.3 is 0 Å². The van der Waals surface area contributed by atoms with Gasteiger partial charge in [-0.25, -0.2) is 8.42 Å². The van der Waals surface area contributed by atoms with E-state index < -0.39 is 15.4 Å². The van der Waals surface area contributed by atoms with Crippen molar-refractivity contribution in [1.29, 1.82) is 0 Å². The van der Waals surface area contributed by atoms with Gasteiger partial charge in [0, 0.05) is 25.2 Å². The fraction of sp³-hybridized carbons (Fsp3) is 0.750. The molecule has 3 rings (SSSR count). The highest BCUT2D eigenvalue weighted by atomic mass is 32.2. The number of hydrogen-bond donors (Lipinski definition) is 0. The zero-order valence-corrected chi connectivity index (χ0v) is 15.3. The number of aryl methyl sites for hydroxylation is 1. The molecule has 0 bridgehead atoms. The maximum absolute atomic E-state index is 13.2. The summed E-state index contributed by atoms with van der Waals surface area (Å²) in [5, 5.41) is 3.87. The van der Waals surface area contributed by atoms with E-state index in [9.17, 15) is 13.2 Å². The largest absolute Gasteiger partial charge is 0.359 e. The summed E-state index contributed by atoms with van der Waals surface area (Å²) in [7, 11) is -3.31. The van der Waals surface area contributed by atoms with Crippen LogP contribution in [0.25, 0.3) is 0 Å². The molecule has 1 aromatic heterocycles. The van der Waals surface area contributed by atoms with E-state index in [0.717, 1.165) is 31.4 Å². The van der Waals surface area contributed by atoms with Crippen molar-refractivity contribution in [3.63, 3.8) is 0 Å². The molecular weight excluding hydrogens is 330 g/mol. The van der Waals surface area contributed by atoms with Crippen molar-refractivity contribution in [3.8, 4) is 0 Å². The minimum Gasteiger partial charge on any atom is -0.359 e. The normalized spacial score (nSPS) is 29.4. The summed E-state index contributed by atoms with van der Waals surface area (Å²) in [5.41, 5.74) is 0.174. The second-order valence-corrected chi connectivity index (χ2v) is 9.01. The van der Waals surface area contributed by atoms with Crippen LogP contribution in [0.4, 0.5) is 0 Å². The molecule has 0 radical (unpaired) electrons. The van der Waals surface area contributed by atoms with E-state index >= 15 is 0 Å². The lowest BCUT2D eigenvalue weighted by molar-refractivity contribution is -0.153. The van der Waals surface area contributed by atoms with Crippen molar-refractivity contribution in [2.45, 2.75) is 52.1 Å². The predicted octanol–water partition coefficient (Wildman–Crippen LogP) is 1.54. The number of hydrogen-bond acceptors (Lipinski definition) is 5. The Kier molecular flexibility index (Phi) is 4.46. The number of sulfonamides is 1. The fourth-order valence-electron chi connectivity index (χ4n) is 4.24. The van der Waals surface area contributed by atoms with E-state index in [1.54, 1.807) is 4.90 Å². The maximum atomic E-state index is 13.2. The Morgan fingerprint density at radius 3 is 2.58 bits per heavy atom. The Hall–Kier alpha value is -1.41. The lowest BCUT2D eigenvalue weighted by Crippen LogP contribution is -2.61. The van der Waals surface area contributed by atoms with Crippen molar-refractivity contribution in [2.24, 2.45) is 5.41 Å². The van der Waals surface area contributed by atoms with Crippen LogP contribution in [0.5, 0.6) is 0 Å². The zero-order valence-electron chi connectivity index (χ0n) is 14.5. The van der Waals surface area contributed by atoms with E-state index in [2.05, 4.69) is 5.16 Å². The maximum Gasteiger partial charge on any atom is 0.230 e. The molecule has 2 fully saturated rings. The molecular formula is C16H25N3O4S. The Morgan fingerprint density at radius 2 is 2.00 bits per heavy atom. The average Bonchev–Trinajstić information content (AvgIpc) is 2.90. The highest BCUT2D eigenvalue weighted by Gasteiger charge is 2.52. The molecule has 7 nitrogen and oxygen atoms in total. The van der Waals surface area contributed by atoms with Crippen LogP contribution in [0.15, 0.2) is 10.6 Å². The summed E-state index contributed by atoms with van der Waals surface area (Å²) < 4.78 is 30.9. The molecule has 0 aromatic carbocycles. The highest BCUT2D eigenvalue weighted by Crippen LogP contribution is 2.45. The van der Waals surface area contributed by atoms with Gasteiger partial charge in [0.2, 0.25) is 15.9 Å². The molecule has 0 unspecified atom stereocenters. The SMILES string of the molecule is Cc1cc(CN2CCC[C@@]3(CCCN(S(C)(=O)=O)[C@@H]3C)C2=O)on1. The molecule has 134 valence electrons. The van der Waals surface area contributed by atoms with Crippen LogP contribution in [0.2, 0.25) is 0 Å². The van der Waals surface area contributed by atoms with Gasteiger partial charge in [-0.3, -0.25) is 4.79 Å². The average molecular weight is 355 g/mol. The quantitative estimate of drug-likeness (QED) is 0.821. The van der Waals surface area contributed by atoms with Gasteiger partial charge in [-0.05, 0) is 39.5 Å². The van der Waals surface area contributed by atoms with E-state index in [1.807, 2.05) is 19.9 Å². The first kappa shape index (κ1) is 17.4. The Balaban J connectivity index is 1.85. The van der Waals surface area contributed by atoms with Gasteiger partial charge in [0.1, 0.15) is 0 Å². The minimum absolute atomic E-state index is 0.0450. The summed E-state index contributed by atoms with van der Waals surface area (Å²) in [5.74, 6) is 0.713. The third-order valence-electron chi connectivity index (χ3n) is 5.45. The van der Waals surface area contributed by atoms with Crippen molar-refractivity contribution in [2.75, 3.05) is 19.3 Å². The molecule has 2 atom stereocenters. The molecule has 1 spiro atoms. The third kappa shape index (κ3) is 2.97. The number of piperidine rings is 2. The van der Waals surface area contributed by atoms with Gasteiger partial charge in [-0.1, -0.05) is 5.16 Å². The van der Waals surface area contributed by atoms with Gasteiger partial charge in [-0.2, -0.15) is 4.31 Å². The smallest absolute Gasteiger partial charge is 0.230 e. The Morgan fingerprint density at radius 1 is 1.33 bits per heavy atom. The topological polar surface area (TPSA) is 83.7 Å². The lowest BCUT2D eigenvalue weighted by Gasteiger charge is -2.50. The first-order valence-corrected chi connectivity index (χ1v) is 10.3. The molecule has 1 amide bonds. The standard InChI is InChI=1S/C16H25N3O4S/c1-12-10-14(23-17-12)11-18-8-4-6-16(15(18)20)7-5-9-19(13(16)2)24(3,21)22/h10,13H,4-9,11H2,1-3H3/t13-,16+/m1/s1. The zero-order chi connectivity index (χ0) is 17.5. The second-order valence-electron chi connectivity index (χ2n) is 7.07. The number of likely N-dealkylation sites (tertiary alicyclic amines) is 1. The van der Waals surface area contributed by atoms with E-state index in [4.69, 9.17) is 4.52 Å².